The van der Waals surface area contributed by atoms with Gasteiger partial charge in [0.05, 0.1) is 24.6 Å². The Morgan fingerprint density at radius 1 is 0.472 bits per heavy atom. The van der Waals surface area contributed by atoms with Crippen LogP contribution in [0.4, 0.5) is 11.4 Å². The van der Waals surface area contributed by atoms with Crippen molar-refractivity contribution < 1.29 is 29.4 Å². The molecule has 36 heavy (non-hydrogen) atoms. The summed E-state index contributed by atoms with van der Waals surface area (Å²) in [4.78, 5) is 56.3. The third kappa shape index (κ3) is 2.82. The Kier molecular flexibility index (Phi) is 4.82. The predicted molar refractivity (Wildman–Crippen MR) is 131 cm³/mol. The van der Waals surface area contributed by atoms with E-state index in [-0.39, 0.29) is 57.6 Å². The number of benzene rings is 4. The van der Waals surface area contributed by atoms with Crippen molar-refractivity contribution in [1.29, 1.82) is 0 Å². The lowest BCUT2D eigenvalue weighted by Gasteiger charge is -2.32. The Labute approximate surface area is 204 Å². The summed E-state index contributed by atoms with van der Waals surface area (Å²) in [5.74, 6) is -2.43. The lowest BCUT2D eigenvalue weighted by Crippen LogP contribution is -2.44. The monoisotopic (exact) mass is 478 g/mol. The van der Waals surface area contributed by atoms with Crippen LogP contribution in [0.1, 0.15) is 52.6 Å². The average Bonchev–Trinajstić information content (AvgIpc) is 2.91. The second kappa shape index (κ2) is 7.94. The van der Waals surface area contributed by atoms with Gasteiger partial charge in [0.1, 0.15) is 0 Å². The zero-order valence-electron chi connectivity index (χ0n) is 18.8. The van der Waals surface area contributed by atoms with Gasteiger partial charge in [0.2, 0.25) is 0 Å². The maximum Gasteiger partial charge on any atom is 0.265 e. The minimum atomic E-state index is -0.606. The van der Waals surface area contributed by atoms with Crippen LogP contribution in [0.3, 0.4) is 0 Å². The molecule has 0 unspecified atom stereocenters. The van der Waals surface area contributed by atoms with E-state index in [2.05, 4.69) is 0 Å². The SMILES string of the molecule is O=C1c2ccc3c4c(ccc(c24)C(=O)N1c1ccccc1CO)C(=O)N(c1ccccc1CO)C3=O. The highest BCUT2D eigenvalue weighted by Gasteiger charge is 2.41. The van der Waals surface area contributed by atoms with E-state index in [1.807, 2.05) is 0 Å². The molecule has 0 fully saturated rings. The quantitative estimate of drug-likeness (QED) is 0.435. The van der Waals surface area contributed by atoms with E-state index in [9.17, 15) is 29.4 Å². The first-order valence-corrected chi connectivity index (χ1v) is 11.2. The first-order valence-electron chi connectivity index (χ1n) is 11.2. The van der Waals surface area contributed by atoms with Gasteiger partial charge in [-0.25, -0.2) is 9.80 Å². The summed E-state index contributed by atoms with van der Waals surface area (Å²) >= 11 is 0. The van der Waals surface area contributed by atoms with Crippen molar-refractivity contribution in [2.45, 2.75) is 13.2 Å². The standard InChI is InChI=1S/C28H18N2O6/c31-13-15-5-1-3-7-21(15)29-25(33)17-9-11-19-24-20(12-10-18(23(17)24)26(29)34)28(36)30(27(19)35)22-8-4-2-6-16(22)14-32/h1-12,31-32H,13-14H2. The average molecular weight is 478 g/mol. The van der Waals surface area contributed by atoms with Crippen LogP contribution >= 0.6 is 0 Å². The Hall–Kier alpha value is -4.66. The number of carbonyl (C=O) groups is 4. The highest BCUT2D eigenvalue weighted by molar-refractivity contribution is 6.42. The molecule has 2 aliphatic heterocycles. The number of aliphatic hydroxyl groups is 2. The van der Waals surface area contributed by atoms with Gasteiger partial charge in [0, 0.05) is 44.2 Å². The summed E-state index contributed by atoms with van der Waals surface area (Å²) in [7, 11) is 0. The van der Waals surface area contributed by atoms with Crippen molar-refractivity contribution in [3.05, 3.63) is 106 Å². The number of hydrogen-bond acceptors (Lipinski definition) is 6. The lowest BCUT2D eigenvalue weighted by atomic mass is 9.85. The molecule has 8 heteroatoms. The number of amides is 4. The topological polar surface area (TPSA) is 115 Å². The van der Waals surface area contributed by atoms with Crippen molar-refractivity contribution >= 4 is 45.8 Å². The fourth-order valence-electron chi connectivity index (χ4n) is 5.04. The minimum Gasteiger partial charge on any atom is -0.392 e. The zero-order chi connectivity index (χ0) is 25.1. The molecule has 0 saturated carbocycles. The van der Waals surface area contributed by atoms with E-state index in [0.29, 0.717) is 11.1 Å². The highest BCUT2D eigenvalue weighted by atomic mass is 16.3. The van der Waals surface area contributed by atoms with Crippen LogP contribution in [0.25, 0.3) is 10.8 Å². The van der Waals surface area contributed by atoms with Gasteiger partial charge in [-0.05, 0) is 36.4 Å². The van der Waals surface area contributed by atoms with Gasteiger partial charge < -0.3 is 10.2 Å². The van der Waals surface area contributed by atoms with Gasteiger partial charge in [0.15, 0.2) is 0 Å². The highest BCUT2D eigenvalue weighted by Crippen LogP contribution is 2.40. The summed E-state index contributed by atoms with van der Waals surface area (Å²) in [6, 6.07) is 19.1. The Morgan fingerprint density at radius 2 is 0.778 bits per heavy atom. The molecule has 0 aromatic heterocycles. The van der Waals surface area contributed by atoms with Gasteiger partial charge in [-0.15, -0.1) is 0 Å². The lowest BCUT2D eigenvalue weighted by molar-refractivity contribution is 0.0872. The molecule has 0 atom stereocenters. The number of anilines is 2. The molecule has 2 aliphatic rings. The smallest absolute Gasteiger partial charge is 0.265 e. The zero-order valence-corrected chi connectivity index (χ0v) is 18.8. The number of para-hydroxylation sites is 2. The van der Waals surface area contributed by atoms with Gasteiger partial charge in [-0.1, -0.05) is 36.4 Å². The molecule has 4 aromatic rings. The second-order valence-corrected chi connectivity index (χ2v) is 8.54. The Bertz CT molecular complexity index is 1460. The summed E-state index contributed by atoms with van der Waals surface area (Å²) in [5.41, 5.74) is 2.10. The van der Waals surface area contributed by atoms with E-state index < -0.39 is 23.6 Å². The van der Waals surface area contributed by atoms with Gasteiger partial charge >= 0.3 is 0 Å². The summed E-state index contributed by atoms with van der Waals surface area (Å²) in [5, 5.41) is 20.0. The molecule has 0 saturated heterocycles. The van der Waals surface area contributed by atoms with E-state index in [1.54, 1.807) is 48.5 Å². The van der Waals surface area contributed by atoms with E-state index in [1.165, 1.54) is 24.3 Å². The molecule has 2 N–H and O–H groups in total. The second-order valence-electron chi connectivity index (χ2n) is 8.54. The Morgan fingerprint density at radius 3 is 1.08 bits per heavy atom. The van der Waals surface area contributed by atoms with Gasteiger partial charge in [-0.3, -0.25) is 19.2 Å². The van der Waals surface area contributed by atoms with Crippen molar-refractivity contribution in [3.63, 3.8) is 0 Å². The van der Waals surface area contributed by atoms with Crippen molar-refractivity contribution in [3.8, 4) is 0 Å². The maximum absolute atomic E-state index is 13.6. The maximum atomic E-state index is 13.6. The van der Waals surface area contributed by atoms with Crippen LogP contribution in [0.15, 0.2) is 72.8 Å². The normalized spacial score (nSPS) is 14.7. The van der Waals surface area contributed by atoms with Gasteiger partial charge in [-0.2, -0.15) is 0 Å². The molecule has 4 aromatic carbocycles. The van der Waals surface area contributed by atoms with Crippen LogP contribution in [-0.4, -0.2) is 33.8 Å². The van der Waals surface area contributed by atoms with Crippen LogP contribution in [0.2, 0.25) is 0 Å². The molecule has 0 aliphatic carbocycles. The fourth-order valence-corrected chi connectivity index (χ4v) is 5.04. The van der Waals surface area contributed by atoms with Crippen molar-refractivity contribution in [1.82, 2.24) is 0 Å². The molecular weight excluding hydrogens is 460 g/mol. The number of hydrogen-bond donors (Lipinski definition) is 2. The van der Waals surface area contributed by atoms with Crippen molar-refractivity contribution in [2.24, 2.45) is 0 Å². The Balaban J connectivity index is 1.57. The van der Waals surface area contributed by atoms with Crippen LogP contribution in [0.5, 0.6) is 0 Å². The molecule has 4 amide bonds. The van der Waals surface area contributed by atoms with E-state index in [0.717, 1.165) is 9.80 Å². The van der Waals surface area contributed by atoms with Crippen LogP contribution < -0.4 is 9.80 Å². The van der Waals surface area contributed by atoms with E-state index >= 15 is 0 Å². The van der Waals surface area contributed by atoms with Crippen molar-refractivity contribution in [2.75, 3.05) is 9.80 Å². The molecule has 0 bridgehead atoms. The molecular formula is C28H18N2O6. The first-order chi connectivity index (χ1) is 17.5. The predicted octanol–water partition coefficient (Wildman–Crippen LogP) is 3.43. The molecule has 0 spiro atoms. The molecule has 8 nitrogen and oxygen atoms in total. The number of nitrogens with zero attached hydrogens (tertiary/aromatic N) is 2. The van der Waals surface area contributed by atoms with Gasteiger partial charge in [0.25, 0.3) is 23.6 Å². The number of rotatable bonds is 4. The number of aliphatic hydroxyl groups excluding tert-OH is 2. The summed E-state index contributed by atoms with van der Waals surface area (Å²) < 4.78 is 0. The number of carbonyl (C=O) groups excluding carboxylic acids is 4. The van der Waals surface area contributed by atoms with E-state index in [4.69, 9.17) is 0 Å². The fraction of sp³-hybridized carbons (Fsp3) is 0.0714. The third-order valence-electron chi connectivity index (χ3n) is 6.70. The largest absolute Gasteiger partial charge is 0.392 e. The summed E-state index contributed by atoms with van der Waals surface area (Å²) in [6.07, 6.45) is 0. The minimum absolute atomic E-state index is 0.183. The third-order valence-corrected chi connectivity index (χ3v) is 6.70. The molecule has 176 valence electrons. The number of imide groups is 2. The first kappa shape index (κ1) is 21.8. The molecule has 0 radical (unpaired) electrons. The molecule has 6 rings (SSSR count). The van der Waals surface area contributed by atoms with Crippen LogP contribution in [0, 0.1) is 0 Å². The summed E-state index contributed by atoms with van der Waals surface area (Å²) in [6.45, 7) is -0.719. The van der Waals surface area contributed by atoms with Crippen LogP contribution in [-0.2, 0) is 13.2 Å². The molecule has 2 heterocycles.